The van der Waals surface area contributed by atoms with Crippen molar-refractivity contribution in [3.63, 3.8) is 0 Å². The van der Waals surface area contributed by atoms with Crippen molar-refractivity contribution in [3.8, 4) is 5.75 Å². The number of ether oxygens (including phenoxy) is 1. The Morgan fingerprint density at radius 1 is 1.25 bits per heavy atom. The molecule has 1 N–H and O–H groups in total. The van der Waals surface area contributed by atoms with Gasteiger partial charge in [-0.2, -0.15) is 0 Å². The van der Waals surface area contributed by atoms with E-state index in [0.717, 1.165) is 4.47 Å². The molecule has 20 heavy (non-hydrogen) atoms. The molecule has 0 heterocycles. The van der Waals surface area contributed by atoms with Crippen LogP contribution in [0, 0.1) is 5.82 Å². The zero-order valence-corrected chi connectivity index (χ0v) is 12.4. The van der Waals surface area contributed by atoms with Crippen molar-refractivity contribution >= 4 is 27.4 Å². The van der Waals surface area contributed by atoms with E-state index >= 15 is 0 Å². The summed E-state index contributed by atoms with van der Waals surface area (Å²) in [6.07, 6.45) is 0. The molecule has 2 aromatic rings. The third kappa shape index (κ3) is 3.57. The number of ketones is 1. The molecule has 0 aliphatic carbocycles. The number of benzene rings is 2. The summed E-state index contributed by atoms with van der Waals surface area (Å²) < 4.78 is 18.6. The van der Waals surface area contributed by atoms with E-state index in [2.05, 4.69) is 21.2 Å². The van der Waals surface area contributed by atoms with Crippen molar-refractivity contribution in [2.24, 2.45) is 0 Å². The summed E-state index contributed by atoms with van der Waals surface area (Å²) in [4.78, 5) is 12.0. The van der Waals surface area contributed by atoms with Gasteiger partial charge in [-0.15, -0.1) is 0 Å². The van der Waals surface area contributed by atoms with E-state index in [4.69, 9.17) is 4.74 Å². The number of halogens is 2. The molecular formula is C15H13BrFNO2. The molecule has 104 valence electrons. The fourth-order valence-electron chi connectivity index (χ4n) is 1.69. The molecule has 0 atom stereocenters. The van der Waals surface area contributed by atoms with Gasteiger partial charge in [-0.05, 0) is 58.4 Å². The summed E-state index contributed by atoms with van der Waals surface area (Å²) in [5.41, 5.74) is 1.28. The molecule has 0 unspecified atom stereocenters. The van der Waals surface area contributed by atoms with Gasteiger partial charge in [0.2, 0.25) is 0 Å². The number of nitrogens with one attached hydrogen (secondary N) is 1. The minimum atomic E-state index is -0.305. The Labute approximate surface area is 124 Å². The summed E-state index contributed by atoms with van der Waals surface area (Å²) in [7, 11) is 1.57. The average Bonchev–Trinajstić information content (AvgIpc) is 2.46. The molecule has 2 aromatic carbocycles. The van der Waals surface area contributed by atoms with Gasteiger partial charge in [-0.3, -0.25) is 4.79 Å². The van der Waals surface area contributed by atoms with Crippen LogP contribution in [0.1, 0.15) is 10.4 Å². The Morgan fingerprint density at radius 3 is 2.55 bits per heavy atom. The molecule has 0 aliphatic heterocycles. The molecule has 3 nitrogen and oxygen atoms in total. The summed E-state index contributed by atoms with van der Waals surface area (Å²) in [5, 5.41) is 2.96. The number of rotatable bonds is 5. The highest BCUT2D eigenvalue weighted by Crippen LogP contribution is 2.25. The molecule has 0 radical (unpaired) electrons. The van der Waals surface area contributed by atoms with Crippen LogP contribution >= 0.6 is 15.9 Å². The first-order chi connectivity index (χ1) is 9.60. The molecule has 0 saturated heterocycles. The van der Waals surface area contributed by atoms with E-state index in [1.54, 1.807) is 37.4 Å². The number of carbonyl (C=O) groups is 1. The first-order valence-electron chi connectivity index (χ1n) is 5.96. The van der Waals surface area contributed by atoms with Gasteiger partial charge in [-0.25, -0.2) is 4.39 Å². The number of anilines is 1. The molecule has 5 heteroatoms. The number of hydrogen-bond acceptors (Lipinski definition) is 3. The second kappa shape index (κ2) is 6.52. The van der Waals surface area contributed by atoms with Crippen molar-refractivity contribution in [3.05, 3.63) is 58.3 Å². The SMILES string of the molecule is COc1ccc(C(=O)CNc2ccc(F)cc2)cc1Br. The minimum absolute atomic E-state index is 0.0577. The standard InChI is InChI=1S/C15H13BrFNO2/c1-20-15-7-2-10(8-13(15)16)14(19)9-18-12-5-3-11(17)4-6-12/h2-8,18H,9H2,1H3. The van der Waals surface area contributed by atoms with E-state index in [1.165, 1.54) is 12.1 Å². The summed E-state index contributed by atoms with van der Waals surface area (Å²) >= 11 is 3.34. The molecule has 0 spiro atoms. The van der Waals surface area contributed by atoms with Crippen LogP contribution in [0.5, 0.6) is 5.75 Å². The molecule has 2 rings (SSSR count). The Hall–Kier alpha value is -1.88. The fraction of sp³-hybridized carbons (Fsp3) is 0.133. The highest BCUT2D eigenvalue weighted by molar-refractivity contribution is 9.10. The van der Waals surface area contributed by atoms with Crippen molar-refractivity contribution in [1.29, 1.82) is 0 Å². The Balaban J connectivity index is 2.01. The van der Waals surface area contributed by atoms with Crippen LogP contribution < -0.4 is 10.1 Å². The Bertz CT molecular complexity index is 614. The fourth-order valence-corrected chi connectivity index (χ4v) is 2.23. The van der Waals surface area contributed by atoms with Crippen LogP contribution in [0.15, 0.2) is 46.9 Å². The van der Waals surface area contributed by atoms with E-state index in [0.29, 0.717) is 17.0 Å². The van der Waals surface area contributed by atoms with Gasteiger partial charge < -0.3 is 10.1 Å². The molecule has 0 saturated carbocycles. The Kier molecular flexibility index (Phi) is 4.74. The van der Waals surface area contributed by atoms with Gasteiger partial charge in [0.1, 0.15) is 11.6 Å². The van der Waals surface area contributed by atoms with Crippen LogP contribution in [0.4, 0.5) is 10.1 Å². The quantitative estimate of drug-likeness (QED) is 0.841. The maximum Gasteiger partial charge on any atom is 0.181 e. The molecule has 0 bridgehead atoms. The first-order valence-corrected chi connectivity index (χ1v) is 6.75. The molecule has 0 aliphatic rings. The summed E-state index contributed by atoms with van der Waals surface area (Å²) in [6, 6.07) is 11.0. The lowest BCUT2D eigenvalue weighted by Crippen LogP contribution is -2.14. The lowest BCUT2D eigenvalue weighted by molar-refractivity contribution is 0.101. The van der Waals surface area contributed by atoms with Gasteiger partial charge in [0.15, 0.2) is 5.78 Å². The lowest BCUT2D eigenvalue weighted by Gasteiger charge is -2.08. The first kappa shape index (κ1) is 14.5. The van der Waals surface area contributed by atoms with Crippen LogP contribution in [0.25, 0.3) is 0 Å². The number of carbonyl (C=O) groups excluding carboxylic acids is 1. The monoisotopic (exact) mass is 337 g/mol. The third-order valence-electron chi connectivity index (χ3n) is 2.77. The van der Waals surface area contributed by atoms with Crippen molar-refractivity contribution < 1.29 is 13.9 Å². The van der Waals surface area contributed by atoms with E-state index in [9.17, 15) is 9.18 Å². The van der Waals surface area contributed by atoms with Gasteiger partial charge in [0, 0.05) is 11.3 Å². The topological polar surface area (TPSA) is 38.3 Å². The lowest BCUT2D eigenvalue weighted by atomic mass is 10.1. The Morgan fingerprint density at radius 2 is 1.95 bits per heavy atom. The molecule has 0 amide bonds. The van der Waals surface area contributed by atoms with Crippen LogP contribution in [-0.4, -0.2) is 19.4 Å². The van der Waals surface area contributed by atoms with E-state index in [1.807, 2.05) is 0 Å². The molecular weight excluding hydrogens is 325 g/mol. The second-order valence-corrected chi connectivity index (χ2v) is 4.99. The molecule has 0 fully saturated rings. The number of hydrogen-bond donors (Lipinski definition) is 1. The van der Waals surface area contributed by atoms with Crippen LogP contribution in [-0.2, 0) is 0 Å². The van der Waals surface area contributed by atoms with Gasteiger partial charge in [0.25, 0.3) is 0 Å². The van der Waals surface area contributed by atoms with Crippen LogP contribution in [0.3, 0.4) is 0 Å². The zero-order valence-electron chi connectivity index (χ0n) is 10.8. The molecule has 0 aromatic heterocycles. The smallest absolute Gasteiger partial charge is 0.181 e. The van der Waals surface area contributed by atoms with Gasteiger partial charge >= 0.3 is 0 Å². The van der Waals surface area contributed by atoms with E-state index in [-0.39, 0.29) is 18.1 Å². The predicted molar refractivity (Wildman–Crippen MR) is 79.9 cm³/mol. The normalized spacial score (nSPS) is 10.2. The van der Waals surface area contributed by atoms with Gasteiger partial charge in [-0.1, -0.05) is 0 Å². The van der Waals surface area contributed by atoms with Crippen molar-refractivity contribution in [2.45, 2.75) is 0 Å². The van der Waals surface area contributed by atoms with E-state index < -0.39 is 0 Å². The summed E-state index contributed by atoms with van der Waals surface area (Å²) in [5.74, 6) is 0.312. The summed E-state index contributed by atoms with van der Waals surface area (Å²) in [6.45, 7) is 0.143. The highest BCUT2D eigenvalue weighted by atomic mass is 79.9. The maximum absolute atomic E-state index is 12.8. The van der Waals surface area contributed by atoms with Crippen molar-refractivity contribution in [2.75, 3.05) is 19.0 Å². The number of methoxy groups -OCH3 is 1. The maximum atomic E-state index is 12.8. The highest BCUT2D eigenvalue weighted by Gasteiger charge is 2.08. The second-order valence-electron chi connectivity index (χ2n) is 4.13. The largest absolute Gasteiger partial charge is 0.496 e. The van der Waals surface area contributed by atoms with Crippen LogP contribution in [0.2, 0.25) is 0 Å². The number of Topliss-reactive ketones (excluding diaryl/α,β-unsaturated/α-hetero) is 1. The van der Waals surface area contributed by atoms with Crippen molar-refractivity contribution in [1.82, 2.24) is 0 Å². The van der Waals surface area contributed by atoms with Gasteiger partial charge in [0.05, 0.1) is 18.1 Å². The predicted octanol–water partition coefficient (Wildman–Crippen LogP) is 3.89. The minimum Gasteiger partial charge on any atom is -0.496 e. The average molecular weight is 338 g/mol. The third-order valence-corrected chi connectivity index (χ3v) is 3.39. The zero-order chi connectivity index (χ0) is 14.5.